The fraction of sp³-hybridized carbons (Fsp3) is 0.100. The standard InChI is InChI=1S/C20H17N3O2/c1-24-17-6-3-14(4-7-17)18-9-16(12-23-13-21-11-19(18)23)15-5-8-20(25-2)22-10-15/h3-13H,1-2H3. The van der Waals surface area contributed by atoms with Crippen molar-refractivity contribution in [3.63, 3.8) is 0 Å². The van der Waals surface area contributed by atoms with E-state index in [9.17, 15) is 0 Å². The van der Waals surface area contributed by atoms with Gasteiger partial charge in [0, 0.05) is 35.2 Å². The lowest BCUT2D eigenvalue weighted by atomic mass is 10.0. The number of hydrogen-bond acceptors (Lipinski definition) is 4. The van der Waals surface area contributed by atoms with E-state index in [4.69, 9.17) is 9.47 Å². The number of aromatic nitrogens is 3. The highest BCUT2D eigenvalue weighted by Gasteiger charge is 2.09. The van der Waals surface area contributed by atoms with Crippen LogP contribution in [0.3, 0.4) is 0 Å². The molecule has 0 atom stereocenters. The number of ether oxygens (including phenoxy) is 2. The number of pyridine rings is 2. The van der Waals surface area contributed by atoms with E-state index in [2.05, 4.69) is 34.4 Å². The maximum atomic E-state index is 5.25. The van der Waals surface area contributed by atoms with Gasteiger partial charge in [-0.15, -0.1) is 0 Å². The van der Waals surface area contributed by atoms with E-state index in [1.165, 1.54) is 0 Å². The van der Waals surface area contributed by atoms with E-state index in [1.54, 1.807) is 14.2 Å². The predicted molar refractivity (Wildman–Crippen MR) is 97.0 cm³/mol. The van der Waals surface area contributed by atoms with Gasteiger partial charge in [-0.1, -0.05) is 12.1 Å². The average molecular weight is 331 g/mol. The van der Waals surface area contributed by atoms with Crippen molar-refractivity contribution in [3.8, 4) is 33.9 Å². The lowest BCUT2D eigenvalue weighted by Gasteiger charge is -2.10. The summed E-state index contributed by atoms with van der Waals surface area (Å²) < 4.78 is 12.4. The highest BCUT2D eigenvalue weighted by Crippen LogP contribution is 2.31. The third kappa shape index (κ3) is 2.80. The van der Waals surface area contributed by atoms with Gasteiger partial charge in [0.1, 0.15) is 5.75 Å². The predicted octanol–water partition coefficient (Wildman–Crippen LogP) is 4.08. The zero-order valence-corrected chi connectivity index (χ0v) is 14.0. The molecular weight excluding hydrogens is 314 g/mol. The molecule has 4 rings (SSSR count). The van der Waals surface area contributed by atoms with Gasteiger partial charge >= 0.3 is 0 Å². The van der Waals surface area contributed by atoms with E-state index in [-0.39, 0.29) is 0 Å². The Hall–Kier alpha value is -3.34. The van der Waals surface area contributed by atoms with Crippen molar-refractivity contribution in [2.24, 2.45) is 0 Å². The normalized spacial score (nSPS) is 10.8. The Morgan fingerprint density at radius 1 is 0.840 bits per heavy atom. The van der Waals surface area contributed by atoms with Gasteiger partial charge in [-0.05, 0) is 29.8 Å². The molecular formula is C20H17N3O2. The van der Waals surface area contributed by atoms with Crippen LogP contribution in [0.2, 0.25) is 0 Å². The quantitative estimate of drug-likeness (QED) is 0.565. The van der Waals surface area contributed by atoms with E-state index in [0.717, 1.165) is 33.5 Å². The summed E-state index contributed by atoms with van der Waals surface area (Å²) in [4.78, 5) is 8.59. The molecule has 124 valence electrons. The molecule has 0 saturated carbocycles. The first kappa shape index (κ1) is 15.2. The molecule has 0 amide bonds. The highest BCUT2D eigenvalue weighted by molar-refractivity contribution is 5.84. The van der Waals surface area contributed by atoms with Gasteiger partial charge in [-0.3, -0.25) is 0 Å². The number of benzene rings is 1. The van der Waals surface area contributed by atoms with Gasteiger partial charge in [0.25, 0.3) is 0 Å². The molecule has 0 bridgehead atoms. The molecule has 0 radical (unpaired) electrons. The monoisotopic (exact) mass is 331 g/mol. The summed E-state index contributed by atoms with van der Waals surface area (Å²) in [5.74, 6) is 1.44. The van der Waals surface area contributed by atoms with Gasteiger partial charge in [-0.2, -0.15) is 0 Å². The maximum Gasteiger partial charge on any atom is 0.212 e. The van der Waals surface area contributed by atoms with Crippen LogP contribution in [0.4, 0.5) is 0 Å². The number of nitrogens with zero attached hydrogens (tertiary/aromatic N) is 3. The summed E-state index contributed by atoms with van der Waals surface area (Å²) in [6.45, 7) is 0. The summed E-state index contributed by atoms with van der Waals surface area (Å²) >= 11 is 0. The van der Waals surface area contributed by atoms with Gasteiger partial charge < -0.3 is 13.9 Å². The molecule has 0 N–H and O–H groups in total. The molecule has 0 aliphatic heterocycles. The number of imidazole rings is 1. The van der Waals surface area contributed by atoms with Crippen molar-refractivity contribution in [1.29, 1.82) is 0 Å². The topological polar surface area (TPSA) is 48.7 Å². The second-order valence-electron chi connectivity index (χ2n) is 5.65. The van der Waals surface area contributed by atoms with Crippen LogP contribution in [0.5, 0.6) is 11.6 Å². The summed E-state index contributed by atoms with van der Waals surface area (Å²) in [5.41, 5.74) is 5.34. The molecule has 0 unspecified atom stereocenters. The zero-order chi connectivity index (χ0) is 17.2. The first-order chi connectivity index (χ1) is 12.3. The fourth-order valence-electron chi connectivity index (χ4n) is 2.86. The lowest BCUT2D eigenvalue weighted by molar-refractivity contribution is 0.398. The molecule has 0 spiro atoms. The van der Waals surface area contributed by atoms with Crippen LogP contribution in [0.25, 0.3) is 27.8 Å². The number of rotatable bonds is 4. The van der Waals surface area contributed by atoms with Gasteiger partial charge in [0.05, 0.1) is 32.3 Å². The Bertz CT molecular complexity index is 1010. The Morgan fingerprint density at radius 2 is 1.64 bits per heavy atom. The molecule has 3 aromatic heterocycles. The van der Waals surface area contributed by atoms with Crippen LogP contribution in [-0.4, -0.2) is 28.6 Å². The first-order valence-corrected chi connectivity index (χ1v) is 7.89. The molecule has 5 nitrogen and oxygen atoms in total. The molecule has 0 saturated heterocycles. The van der Waals surface area contributed by atoms with Crippen LogP contribution < -0.4 is 9.47 Å². The Labute approximate surface area is 145 Å². The van der Waals surface area contributed by atoms with E-state index < -0.39 is 0 Å². The first-order valence-electron chi connectivity index (χ1n) is 7.89. The van der Waals surface area contributed by atoms with Gasteiger partial charge in [-0.25, -0.2) is 9.97 Å². The minimum Gasteiger partial charge on any atom is -0.497 e. The summed E-state index contributed by atoms with van der Waals surface area (Å²) in [6, 6.07) is 14.0. The number of methoxy groups -OCH3 is 2. The zero-order valence-electron chi connectivity index (χ0n) is 14.0. The third-order valence-electron chi connectivity index (χ3n) is 4.20. The largest absolute Gasteiger partial charge is 0.497 e. The Balaban J connectivity index is 1.86. The van der Waals surface area contributed by atoms with Crippen LogP contribution in [0.1, 0.15) is 0 Å². The molecule has 3 heterocycles. The van der Waals surface area contributed by atoms with E-state index >= 15 is 0 Å². The SMILES string of the molecule is COc1ccc(-c2cc(-c3ccc(OC)nc3)cn3cncc23)cc1. The second-order valence-corrected chi connectivity index (χ2v) is 5.65. The van der Waals surface area contributed by atoms with Crippen LogP contribution >= 0.6 is 0 Å². The van der Waals surface area contributed by atoms with Crippen molar-refractivity contribution in [2.45, 2.75) is 0 Å². The van der Waals surface area contributed by atoms with Crippen molar-refractivity contribution < 1.29 is 9.47 Å². The molecule has 0 fully saturated rings. The van der Waals surface area contributed by atoms with Crippen LogP contribution in [-0.2, 0) is 0 Å². The second kappa shape index (κ2) is 6.28. The summed E-state index contributed by atoms with van der Waals surface area (Å²) in [6.07, 6.45) is 7.55. The van der Waals surface area contributed by atoms with Crippen molar-refractivity contribution >= 4 is 5.52 Å². The lowest BCUT2D eigenvalue weighted by Crippen LogP contribution is -1.92. The Kier molecular flexibility index (Phi) is 3.82. The summed E-state index contributed by atoms with van der Waals surface area (Å²) in [5, 5.41) is 0. The van der Waals surface area contributed by atoms with Gasteiger partial charge in [0.15, 0.2) is 0 Å². The smallest absolute Gasteiger partial charge is 0.212 e. The number of fused-ring (bicyclic) bond motifs is 1. The number of hydrogen-bond donors (Lipinski definition) is 0. The van der Waals surface area contributed by atoms with Crippen molar-refractivity contribution in [1.82, 2.24) is 14.4 Å². The molecule has 1 aromatic carbocycles. The fourth-order valence-corrected chi connectivity index (χ4v) is 2.86. The van der Waals surface area contributed by atoms with Gasteiger partial charge in [0.2, 0.25) is 5.88 Å². The van der Waals surface area contributed by atoms with Crippen molar-refractivity contribution in [3.05, 3.63) is 67.4 Å². The van der Waals surface area contributed by atoms with E-state index in [1.807, 2.05) is 47.4 Å². The minimum atomic E-state index is 0.600. The van der Waals surface area contributed by atoms with Crippen LogP contribution in [0, 0.1) is 0 Å². The van der Waals surface area contributed by atoms with Crippen LogP contribution in [0.15, 0.2) is 67.4 Å². The maximum absolute atomic E-state index is 5.25. The highest BCUT2D eigenvalue weighted by atomic mass is 16.5. The molecule has 0 aliphatic carbocycles. The Morgan fingerprint density at radius 3 is 2.32 bits per heavy atom. The average Bonchev–Trinajstić information content (AvgIpc) is 3.16. The molecule has 0 aliphatic rings. The molecule has 5 heteroatoms. The third-order valence-corrected chi connectivity index (χ3v) is 4.20. The summed E-state index contributed by atoms with van der Waals surface area (Å²) in [7, 11) is 3.28. The molecule has 25 heavy (non-hydrogen) atoms. The van der Waals surface area contributed by atoms with E-state index in [0.29, 0.717) is 5.88 Å². The minimum absolute atomic E-state index is 0.600. The van der Waals surface area contributed by atoms with Crippen molar-refractivity contribution in [2.75, 3.05) is 14.2 Å². The molecule has 4 aromatic rings.